The van der Waals surface area contributed by atoms with E-state index >= 15 is 0 Å². The lowest BCUT2D eigenvalue weighted by Crippen LogP contribution is -2.35. The van der Waals surface area contributed by atoms with Crippen LogP contribution in [0.3, 0.4) is 0 Å². The molecule has 118 valence electrons. The molecular formula is C16H26N2O3. The van der Waals surface area contributed by atoms with Crippen molar-refractivity contribution in [2.75, 3.05) is 6.54 Å². The molecule has 0 saturated carbocycles. The van der Waals surface area contributed by atoms with Gasteiger partial charge in [-0.15, -0.1) is 0 Å². The fraction of sp³-hybridized carbons (Fsp3) is 0.625. The average Bonchev–Trinajstić information content (AvgIpc) is 2.81. The summed E-state index contributed by atoms with van der Waals surface area (Å²) < 4.78 is 1.87. The van der Waals surface area contributed by atoms with Crippen molar-refractivity contribution in [3.8, 4) is 0 Å². The molecule has 0 fully saturated rings. The zero-order valence-corrected chi connectivity index (χ0v) is 13.5. The van der Waals surface area contributed by atoms with Crippen LogP contribution in [0.25, 0.3) is 0 Å². The number of nitrogens with zero attached hydrogens (tertiary/aromatic N) is 1. The molecule has 5 nitrogen and oxygen atoms in total. The van der Waals surface area contributed by atoms with Gasteiger partial charge in [0.1, 0.15) is 5.69 Å². The van der Waals surface area contributed by atoms with Crippen molar-refractivity contribution in [2.45, 2.75) is 47.1 Å². The third-order valence-electron chi connectivity index (χ3n) is 3.28. The summed E-state index contributed by atoms with van der Waals surface area (Å²) in [6.07, 6.45) is 2.37. The van der Waals surface area contributed by atoms with Crippen molar-refractivity contribution < 1.29 is 14.7 Å². The van der Waals surface area contributed by atoms with E-state index in [-0.39, 0.29) is 23.9 Å². The second-order valence-corrected chi connectivity index (χ2v) is 6.90. The van der Waals surface area contributed by atoms with Crippen LogP contribution in [0.15, 0.2) is 18.3 Å². The van der Waals surface area contributed by atoms with Crippen LogP contribution >= 0.6 is 0 Å². The summed E-state index contributed by atoms with van der Waals surface area (Å²) in [7, 11) is 0. The first-order valence-electron chi connectivity index (χ1n) is 7.29. The van der Waals surface area contributed by atoms with Gasteiger partial charge in [0.15, 0.2) is 0 Å². The second-order valence-electron chi connectivity index (χ2n) is 6.90. The number of aliphatic carboxylic acids is 1. The maximum atomic E-state index is 12.2. The van der Waals surface area contributed by atoms with E-state index in [1.165, 1.54) is 0 Å². The summed E-state index contributed by atoms with van der Waals surface area (Å²) in [4.78, 5) is 23.5. The smallest absolute Gasteiger partial charge is 0.308 e. The molecule has 1 aromatic heterocycles. The lowest BCUT2D eigenvalue weighted by Gasteiger charge is -2.23. The largest absolute Gasteiger partial charge is 0.481 e. The van der Waals surface area contributed by atoms with Gasteiger partial charge in [0.05, 0.1) is 5.92 Å². The normalized spacial score (nSPS) is 13.2. The third-order valence-corrected chi connectivity index (χ3v) is 3.28. The van der Waals surface area contributed by atoms with Crippen molar-refractivity contribution in [2.24, 2.45) is 11.3 Å². The zero-order valence-electron chi connectivity index (χ0n) is 13.5. The highest BCUT2D eigenvalue weighted by molar-refractivity contribution is 5.93. The number of carboxylic acid groups (broad SMARTS) is 1. The SMILES string of the molecule is CC(C)n1cccc1C(=O)NCC(CC(C)(C)C)C(=O)O. The van der Waals surface area contributed by atoms with Crippen LogP contribution in [0.1, 0.15) is 57.6 Å². The van der Waals surface area contributed by atoms with E-state index in [1.54, 1.807) is 6.07 Å². The zero-order chi connectivity index (χ0) is 16.2. The lowest BCUT2D eigenvalue weighted by molar-refractivity contribution is -0.142. The molecule has 1 atom stereocenters. The van der Waals surface area contributed by atoms with Gasteiger partial charge in [-0.25, -0.2) is 0 Å². The standard InChI is InChI=1S/C16H26N2O3/c1-11(2)18-8-6-7-13(18)14(19)17-10-12(15(20)21)9-16(3,4)5/h6-8,11-12H,9-10H2,1-5H3,(H,17,19)(H,20,21). The Bertz CT molecular complexity index is 498. The first kappa shape index (κ1) is 17.3. The van der Waals surface area contributed by atoms with Gasteiger partial charge < -0.3 is 15.0 Å². The molecule has 0 aliphatic carbocycles. The number of carboxylic acids is 1. The number of hydrogen-bond donors (Lipinski definition) is 2. The number of rotatable bonds is 6. The van der Waals surface area contributed by atoms with E-state index in [4.69, 9.17) is 0 Å². The topological polar surface area (TPSA) is 71.3 Å². The minimum absolute atomic E-state index is 0.0913. The monoisotopic (exact) mass is 294 g/mol. The molecule has 2 N–H and O–H groups in total. The van der Waals surface area contributed by atoms with Crippen LogP contribution < -0.4 is 5.32 Å². The molecule has 0 aromatic carbocycles. The van der Waals surface area contributed by atoms with Gasteiger partial charge in [-0.1, -0.05) is 20.8 Å². The van der Waals surface area contributed by atoms with Crippen molar-refractivity contribution in [1.29, 1.82) is 0 Å². The van der Waals surface area contributed by atoms with Crippen LogP contribution in [0, 0.1) is 11.3 Å². The number of hydrogen-bond acceptors (Lipinski definition) is 2. The van der Waals surface area contributed by atoms with Gasteiger partial charge in [0.25, 0.3) is 5.91 Å². The second kappa shape index (κ2) is 6.78. The van der Waals surface area contributed by atoms with Crippen LogP contribution in [0.5, 0.6) is 0 Å². The molecule has 1 unspecified atom stereocenters. The fourth-order valence-electron chi connectivity index (χ4n) is 2.33. The van der Waals surface area contributed by atoms with Gasteiger partial charge in [-0.2, -0.15) is 0 Å². The highest BCUT2D eigenvalue weighted by Crippen LogP contribution is 2.24. The summed E-state index contributed by atoms with van der Waals surface area (Å²) in [6.45, 7) is 10.1. The van der Waals surface area contributed by atoms with Gasteiger partial charge in [0.2, 0.25) is 0 Å². The van der Waals surface area contributed by atoms with Crippen LogP contribution in [0.2, 0.25) is 0 Å². The molecule has 21 heavy (non-hydrogen) atoms. The number of carbonyl (C=O) groups is 2. The summed E-state index contributed by atoms with van der Waals surface area (Å²) in [5, 5.41) is 12.0. The molecule has 0 bridgehead atoms. The molecule has 5 heteroatoms. The minimum atomic E-state index is -0.871. The molecule has 0 saturated heterocycles. The third kappa shape index (κ3) is 5.25. The van der Waals surface area contributed by atoms with Crippen molar-refractivity contribution in [3.63, 3.8) is 0 Å². The highest BCUT2D eigenvalue weighted by atomic mass is 16.4. The van der Waals surface area contributed by atoms with Gasteiger partial charge in [0, 0.05) is 18.8 Å². The summed E-state index contributed by atoms with van der Waals surface area (Å²) in [5.74, 6) is -1.67. The Labute approximate surface area is 126 Å². The Kier molecular flexibility index (Phi) is 5.58. The molecule has 1 aromatic rings. The van der Waals surface area contributed by atoms with E-state index in [0.29, 0.717) is 12.1 Å². The summed E-state index contributed by atoms with van der Waals surface area (Å²) in [6, 6.07) is 3.75. The van der Waals surface area contributed by atoms with Crippen LogP contribution in [-0.2, 0) is 4.79 Å². The fourth-order valence-corrected chi connectivity index (χ4v) is 2.33. The van der Waals surface area contributed by atoms with Gasteiger partial charge >= 0.3 is 5.97 Å². The summed E-state index contributed by atoms with van der Waals surface area (Å²) >= 11 is 0. The predicted molar refractivity (Wildman–Crippen MR) is 82.3 cm³/mol. The molecule has 1 rings (SSSR count). The highest BCUT2D eigenvalue weighted by Gasteiger charge is 2.25. The summed E-state index contributed by atoms with van der Waals surface area (Å²) in [5.41, 5.74) is 0.469. The van der Waals surface area contributed by atoms with E-state index in [9.17, 15) is 14.7 Å². The van der Waals surface area contributed by atoms with Gasteiger partial charge in [-0.3, -0.25) is 9.59 Å². The Morgan fingerprint density at radius 2 is 1.95 bits per heavy atom. The van der Waals surface area contributed by atoms with E-state index in [2.05, 4.69) is 5.32 Å². The maximum absolute atomic E-state index is 12.2. The van der Waals surface area contributed by atoms with Crippen molar-refractivity contribution >= 4 is 11.9 Å². The molecule has 0 aliphatic rings. The molecule has 0 aliphatic heterocycles. The Balaban J connectivity index is 2.70. The van der Waals surface area contributed by atoms with E-state index in [0.717, 1.165) is 0 Å². The van der Waals surface area contributed by atoms with Gasteiger partial charge in [-0.05, 0) is 37.8 Å². The molecule has 1 heterocycles. The minimum Gasteiger partial charge on any atom is -0.481 e. The maximum Gasteiger partial charge on any atom is 0.308 e. The quantitative estimate of drug-likeness (QED) is 0.847. The molecule has 1 amide bonds. The number of aromatic nitrogens is 1. The van der Waals surface area contributed by atoms with E-state index < -0.39 is 11.9 Å². The van der Waals surface area contributed by atoms with E-state index in [1.807, 2.05) is 51.4 Å². The molecule has 0 radical (unpaired) electrons. The number of nitrogens with one attached hydrogen (secondary N) is 1. The van der Waals surface area contributed by atoms with Crippen LogP contribution in [0.4, 0.5) is 0 Å². The molecule has 0 spiro atoms. The number of amides is 1. The predicted octanol–water partition coefficient (Wildman–Crippen LogP) is 2.94. The van der Waals surface area contributed by atoms with Crippen molar-refractivity contribution in [1.82, 2.24) is 9.88 Å². The first-order chi connectivity index (χ1) is 9.61. The average molecular weight is 294 g/mol. The number of carbonyl (C=O) groups excluding carboxylic acids is 1. The first-order valence-corrected chi connectivity index (χ1v) is 7.29. The van der Waals surface area contributed by atoms with Crippen LogP contribution in [-0.4, -0.2) is 28.1 Å². The Hall–Kier alpha value is -1.78. The Morgan fingerprint density at radius 3 is 2.43 bits per heavy atom. The Morgan fingerprint density at radius 1 is 1.33 bits per heavy atom. The van der Waals surface area contributed by atoms with Crippen molar-refractivity contribution in [3.05, 3.63) is 24.0 Å². The molecular weight excluding hydrogens is 268 g/mol. The lowest BCUT2D eigenvalue weighted by atomic mass is 9.84.